The third-order valence-corrected chi connectivity index (χ3v) is 2.05. The monoisotopic (exact) mass is 206 g/mol. The first-order chi connectivity index (χ1) is 7.18. The fourth-order valence-corrected chi connectivity index (χ4v) is 1.25. The van der Waals surface area contributed by atoms with Crippen molar-refractivity contribution in [2.75, 3.05) is 0 Å². The van der Waals surface area contributed by atoms with Crippen LogP contribution in [0.1, 0.15) is 17.6 Å². The zero-order valence-corrected chi connectivity index (χ0v) is 8.12. The highest BCUT2D eigenvalue weighted by atomic mass is 16.4. The molecule has 78 valence electrons. The van der Waals surface area contributed by atoms with Gasteiger partial charge in [0.15, 0.2) is 6.10 Å². The van der Waals surface area contributed by atoms with Crippen molar-refractivity contribution >= 4 is 0 Å². The second kappa shape index (κ2) is 3.70. The summed E-state index contributed by atoms with van der Waals surface area (Å²) in [6, 6.07) is 8.89. The molecule has 0 radical (unpaired) electrons. The normalized spacial score (nSPS) is 12.7. The molecule has 1 heterocycles. The minimum absolute atomic E-state index is 0.00806. The van der Waals surface area contributed by atoms with Crippen molar-refractivity contribution in [3.63, 3.8) is 0 Å². The lowest BCUT2D eigenvalue weighted by molar-refractivity contribution is 0.180. The quantitative estimate of drug-likeness (QED) is 0.774. The summed E-state index contributed by atoms with van der Waals surface area (Å²) < 4.78 is 5.82. The highest BCUT2D eigenvalue weighted by Crippen LogP contribution is 2.18. The predicted molar refractivity (Wildman–Crippen MR) is 52.2 cm³/mol. The van der Waals surface area contributed by atoms with E-state index in [2.05, 4.69) is 5.10 Å². The van der Waals surface area contributed by atoms with Crippen LogP contribution in [-0.2, 0) is 7.05 Å². The standard InChI is InChI=1S/C10H10N2O3/c1-12-10(14)15-9(11-12)8(13)7-5-3-2-4-6-7/h2-6,8,13H,1H3/t8-/m0/s1. The van der Waals surface area contributed by atoms with Gasteiger partial charge in [-0.15, -0.1) is 5.10 Å². The van der Waals surface area contributed by atoms with Crippen molar-refractivity contribution in [3.05, 3.63) is 52.3 Å². The Hall–Kier alpha value is -1.88. The molecule has 2 aromatic rings. The SMILES string of the molecule is Cn1nc([C@@H](O)c2ccccc2)oc1=O. The second-order valence-corrected chi connectivity index (χ2v) is 3.14. The van der Waals surface area contributed by atoms with Crippen LogP contribution in [0.5, 0.6) is 0 Å². The number of aromatic nitrogens is 2. The Morgan fingerprint density at radius 3 is 2.60 bits per heavy atom. The van der Waals surface area contributed by atoms with Crippen LogP contribution in [0, 0.1) is 0 Å². The minimum atomic E-state index is -1.000. The Balaban J connectivity index is 2.36. The van der Waals surface area contributed by atoms with Gasteiger partial charge in [0.2, 0.25) is 0 Å². The molecule has 0 fully saturated rings. The number of aliphatic hydroxyl groups excluding tert-OH is 1. The lowest BCUT2D eigenvalue weighted by Crippen LogP contribution is -2.09. The Morgan fingerprint density at radius 2 is 2.07 bits per heavy atom. The summed E-state index contributed by atoms with van der Waals surface area (Å²) in [5, 5.41) is 13.6. The van der Waals surface area contributed by atoms with Gasteiger partial charge in [-0.1, -0.05) is 30.3 Å². The fraction of sp³-hybridized carbons (Fsp3) is 0.200. The maximum absolute atomic E-state index is 11.0. The molecule has 0 saturated carbocycles. The molecule has 0 aliphatic carbocycles. The predicted octanol–water partition coefficient (Wildman–Crippen LogP) is 0.455. The van der Waals surface area contributed by atoms with Crippen molar-refractivity contribution in [1.29, 1.82) is 0 Å². The largest absolute Gasteiger partial charge is 0.436 e. The van der Waals surface area contributed by atoms with Gasteiger partial charge in [-0.2, -0.15) is 4.68 Å². The van der Waals surface area contributed by atoms with Crippen LogP contribution in [0.4, 0.5) is 0 Å². The molecule has 0 spiro atoms. The van der Waals surface area contributed by atoms with Gasteiger partial charge >= 0.3 is 5.76 Å². The lowest BCUT2D eigenvalue weighted by atomic mass is 10.1. The van der Waals surface area contributed by atoms with Gasteiger partial charge in [0, 0.05) is 7.05 Å². The van der Waals surface area contributed by atoms with E-state index in [4.69, 9.17) is 4.42 Å². The Bertz CT molecular complexity index is 501. The zero-order valence-electron chi connectivity index (χ0n) is 8.12. The van der Waals surface area contributed by atoms with Gasteiger partial charge in [0.25, 0.3) is 5.89 Å². The molecule has 1 atom stereocenters. The smallest absolute Gasteiger partial charge is 0.389 e. The molecule has 1 aromatic heterocycles. The zero-order chi connectivity index (χ0) is 10.8. The minimum Gasteiger partial charge on any atom is -0.389 e. The molecule has 0 saturated heterocycles. The number of hydrogen-bond acceptors (Lipinski definition) is 4. The van der Waals surface area contributed by atoms with Crippen LogP contribution < -0.4 is 5.76 Å². The van der Waals surface area contributed by atoms with E-state index < -0.39 is 11.9 Å². The third-order valence-electron chi connectivity index (χ3n) is 2.05. The molecule has 15 heavy (non-hydrogen) atoms. The Morgan fingerprint density at radius 1 is 1.40 bits per heavy atom. The summed E-state index contributed by atoms with van der Waals surface area (Å²) in [5.41, 5.74) is 0.638. The molecule has 0 amide bonds. The van der Waals surface area contributed by atoms with Crippen molar-refractivity contribution in [2.45, 2.75) is 6.10 Å². The van der Waals surface area contributed by atoms with E-state index in [1.807, 2.05) is 6.07 Å². The Kier molecular flexibility index (Phi) is 2.39. The number of aryl methyl sites for hydroxylation is 1. The fourth-order valence-electron chi connectivity index (χ4n) is 1.25. The summed E-state index contributed by atoms with van der Waals surface area (Å²) in [7, 11) is 1.47. The molecule has 0 unspecified atom stereocenters. The number of hydrogen-bond donors (Lipinski definition) is 1. The molecular formula is C10H10N2O3. The van der Waals surface area contributed by atoms with Crippen LogP contribution in [0.3, 0.4) is 0 Å². The molecule has 1 aromatic carbocycles. The van der Waals surface area contributed by atoms with E-state index in [1.165, 1.54) is 7.05 Å². The van der Waals surface area contributed by atoms with E-state index in [-0.39, 0.29) is 5.89 Å². The van der Waals surface area contributed by atoms with Gasteiger partial charge in [-0.3, -0.25) is 0 Å². The van der Waals surface area contributed by atoms with Crippen molar-refractivity contribution in [3.8, 4) is 0 Å². The van der Waals surface area contributed by atoms with Gasteiger partial charge in [-0.25, -0.2) is 4.79 Å². The average molecular weight is 206 g/mol. The maximum atomic E-state index is 11.0. The topological polar surface area (TPSA) is 68.3 Å². The first-order valence-electron chi connectivity index (χ1n) is 4.45. The average Bonchev–Trinajstić information content (AvgIpc) is 2.59. The lowest BCUT2D eigenvalue weighted by Gasteiger charge is -2.04. The first kappa shape index (κ1) is 9.67. The first-order valence-corrected chi connectivity index (χ1v) is 4.45. The number of nitrogens with zero attached hydrogens (tertiary/aromatic N) is 2. The molecule has 5 nitrogen and oxygen atoms in total. The van der Waals surface area contributed by atoms with Crippen molar-refractivity contribution in [1.82, 2.24) is 9.78 Å². The van der Waals surface area contributed by atoms with Gasteiger partial charge < -0.3 is 9.52 Å². The molecule has 5 heteroatoms. The number of rotatable bonds is 2. The van der Waals surface area contributed by atoms with Gasteiger partial charge in [0.05, 0.1) is 0 Å². The molecule has 1 N–H and O–H groups in total. The summed E-state index contributed by atoms with van der Waals surface area (Å²) in [6.45, 7) is 0. The van der Waals surface area contributed by atoms with Crippen LogP contribution in [-0.4, -0.2) is 14.9 Å². The molecule has 0 aliphatic rings. The summed E-state index contributed by atoms with van der Waals surface area (Å²) in [5.74, 6) is -0.575. The van der Waals surface area contributed by atoms with Crippen LogP contribution in [0.25, 0.3) is 0 Å². The van der Waals surface area contributed by atoms with Crippen LogP contribution in [0.2, 0.25) is 0 Å². The van der Waals surface area contributed by atoms with E-state index in [0.717, 1.165) is 4.68 Å². The highest BCUT2D eigenvalue weighted by Gasteiger charge is 2.17. The number of aliphatic hydroxyl groups is 1. The van der Waals surface area contributed by atoms with E-state index >= 15 is 0 Å². The van der Waals surface area contributed by atoms with E-state index in [1.54, 1.807) is 24.3 Å². The van der Waals surface area contributed by atoms with Gasteiger partial charge in [-0.05, 0) is 5.56 Å². The second-order valence-electron chi connectivity index (χ2n) is 3.14. The molecular weight excluding hydrogens is 196 g/mol. The van der Waals surface area contributed by atoms with E-state index in [9.17, 15) is 9.90 Å². The third kappa shape index (κ3) is 1.82. The van der Waals surface area contributed by atoms with Crippen molar-refractivity contribution < 1.29 is 9.52 Å². The summed E-state index contributed by atoms with van der Waals surface area (Å²) >= 11 is 0. The van der Waals surface area contributed by atoms with Crippen LogP contribution >= 0.6 is 0 Å². The molecule has 0 bridgehead atoms. The Labute approximate surface area is 85.6 Å². The van der Waals surface area contributed by atoms with Gasteiger partial charge in [0.1, 0.15) is 0 Å². The van der Waals surface area contributed by atoms with Crippen molar-refractivity contribution in [2.24, 2.45) is 7.05 Å². The maximum Gasteiger partial charge on any atom is 0.436 e. The highest BCUT2D eigenvalue weighted by molar-refractivity contribution is 5.21. The summed E-state index contributed by atoms with van der Waals surface area (Å²) in [6.07, 6.45) is -1.000. The molecule has 0 aliphatic heterocycles. The van der Waals surface area contributed by atoms with E-state index in [0.29, 0.717) is 5.56 Å². The number of benzene rings is 1. The molecule has 2 rings (SSSR count). The summed E-state index contributed by atoms with van der Waals surface area (Å²) in [4.78, 5) is 11.0. The van der Waals surface area contributed by atoms with Crippen LogP contribution in [0.15, 0.2) is 39.5 Å².